The van der Waals surface area contributed by atoms with Crippen molar-refractivity contribution in [1.29, 1.82) is 0 Å². The van der Waals surface area contributed by atoms with Crippen LogP contribution < -0.4 is 16.0 Å². The number of nitrogens with zero attached hydrogens (tertiary/aromatic N) is 1. The summed E-state index contributed by atoms with van der Waals surface area (Å²) in [6.07, 6.45) is 1.38. The third-order valence-electron chi connectivity index (χ3n) is 1.81. The Balaban J connectivity index is 2.07. The van der Waals surface area contributed by atoms with E-state index in [1.54, 1.807) is 7.05 Å². The Morgan fingerprint density at radius 3 is 3.00 bits per heavy atom. The van der Waals surface area contributed by atoms with Crippen LogP contribution in [-0.2, 0) is 6.54 Å². The molecule has 0 aromatic carbocycles. The molecule has 0 fully saturated rings. The first-order chi connectivity index (χ1) is 7.24. The van der Waals surface area contributed by atoms with Crippen LogP contribution in [0.3, 0.4) is 0 Å². The van der Waals surface area contributed by atoms with Gasteiger partial charge in [0.05, 0.1) is 11.9 Å². The van der Waals surface area contributed by atoms with Crippen molar-refractivity contribution >= 4 is 17.3 Å². The molecule has 0 saturated carbocycles. The molecule has 6 nitrogen and oxygen atoms in total. The summed E-state index contributed by atoms with van der Waals surface area (Å²) >= 11 is 4.90. The van der Waals surface area contributed by atoms with Crippen LogP contribution in [-0.4, -0.2) is 40.6 Å². The van der Waals surface area contributed by atoms with Crippen LogP contribution in [0.1, 0.15) is 5.69 Å². The van der Waals surface area contributed by atoms with Crippen LogP contribution in [0.2, 0.25) is 0 Å². The SMILES string of the molecule is CNC(=S)NCCNCc1[nH]ncc1O. The molecule has 0 atom stereocenters. The van der Waals surface area contributed by atoms with E-state index < -0.39 is 0 Å². The van der Waals surface area contributed by atoms with Crippen molar-refractivity contribution in [2.24, 2.45) is 0 Å². The molecule has 0 saturated heterocycles. The van der Waals surface area contributed by atoms with E-state index in [1.165, 1.54) is 6.20 Å². The molecular weight excluding hydrogens is 214 g/mol. The Hall–Kier alpha value is -1.34. The lowest BCUT2D eigenvalue weighted by Crippen LogP contribution is -2.37. The van der Waals surface area contributed by atoms with Crippen molar-refractivity contribution in [2.75, 3.05) is 20.1 Å². The highest BCUT2D eigenvalue weighted by Crippen LogP contribution is 2.10. The van der Waals surface area contributed by atoms with Crippen LogP contribution in [0.15, 0.2) is 6.20 Å². The van der Waals surface area contributed by atoms with Gasteiger partial charge in [-0.2, -0.15) is 5.10 Å². The van der Waals surface area contributed by atoms with Gasteiger partial charge in [0, 0.05) is 26.7 Å². The summed E-state index contributed by atoms with van der Waals surface area (Å²) < 4.78 is 0. The zero-order valence-corrected chi connectivity index (χ0v) is 9.32. The predicted molar refractivity (Wildman–Crippen MR) is 61.6 cm³/mol. The zero-order chi connectivity index (χ0) is 11.1. The van der Waals surface area contributed by atoms with Crippen LogP contribution >= 0.6 is 12.2 Å². The van der Waals surface area contributed by atoms with Gasteiger partial charge >= 0.3 is 0 Å². The van der Waals surface area contributed by atoms with Crippen LogP contribution in [0.25, 0.3) is 0 Å². The highest BCUT2D eigenvalue weighted by Gasteiger charge is 2.00. The molecule has 1 aromatic heterocycles. The molecule has 1 heterocycles. The standard InChI is InChI=1S/C8H15N5OS/c1-9-8(15)11-3-2-10-4-6-7(14)5-12-13-6/h5,10,14H,2-4H2,1H3,(H,12,13)(H2,9,11,15). The molecule has 1 aromatic rings. The van der Waals surface area contributed by atoms with E-state index in [-0.39, 0.29) is 5.75 Å². The number of aromatic amines is 1. The highest BCUT2D eigenvalue weighted by molar-refractivity contribution is 7.80. The number of hydrogen-bond donors (Lipinski definition) is 5. The smallest absolute Gasteiger partial charge is 0.166 e. The minimum absolute atomic E-state index is 0.182. The van der Waals surface area contributed by atoms with E-state index in [4.69, 9.17) is 12.2 Å². The van der Waals surface area contributed by atoms with Crippen LogP contribution in [0.4, 0.5) is 0 Å². The van der Waals surface area contributed by atoms with Gasteiger partial charge in [-0.15, -0.1) is 0 Å². The second-order valence-corrected chi connectivity index (χ2v) is 3.32. The third kappa shape index (κ3) is 4.13. The monoisotopic (exact) mass is 229 g/mol. The van der Waals surface area contributed by atoms with E-state index in [0.717, 1.165) is 13.1 Å². The Bertz CT molecular complexity index is 314. The number of hydrogen-bond acceptors (Lipinski definition) is 4. The van der Waals surface area contributed by atoms with E-state index in [0.29, 0.717) is 17.4 Å². The number of H-pyrrole nitrogens is 1. The molecule has 0 amide bonds. The fourth-order valence-corrected chi connectivity index (χ4v) is 1.10. The third-order valence-corrected chi connectivity index (χ3v) is 2.16. The first-order valence-corrected chi connectivity index (χ1v) is 5.02. The van der Waals surface area contributed by atoms with Gasteiger partial charge in [0.25, 0.3) is 0 Å². The maximum Gasteiger partial charge on any atom is 0.166 e. The van der Waals surface area contributed by atoms with Gasteiger partial charge in [-0.1, -0.05) is 0 Å². The Labute approximate surface area is 93.5 Å². The quantitative estimate of drug-likeness (QED) is 0.339. The minimum atomic E-state index is 0.182. The summed E-state index contributed by atoms with van der Waals surface area (Å²) in [6, 6.07) is 0. The summed E-state index contributed by atoms with van der Waals surface area (Å²) in [6.45, 7) is 2.04. The minimum Gasteiger partial charge on any atom is -0.504 e. The molecule has 15 heavy (non-hydrogen) atoms. The van der Waals surface area contributed by atoms with Gasteiger partial charge in [-0.3, -0.25) is 5.10 Å². The molecule has 5 N–H and O–H groups in total. The highest BCUT2D eigenvalue weighted by atomic mass is 32.1. The average Bonchev–Trinajstić information content (AvgIpc) is 2.63. The first kappa shape index (κ1) is 11.7. The number of rotatable bonds is 5. The van der Waals surface area contributed by atoms with Crippen molar-refractivity contribution < 1.29 is 5.11 Å². The lowest BCUT2D eigenvalue weighted by Gasteiger charge is -2.07. The molecule has 7 heteroatoms. The maximum absolute atomic E-state index is 9.25. The lowest BCUT2D eigenvalue weighted by atomic mass is 10.4. The van der Waals surface area contributed by atoms with Gasteiger partial charge in [0.1, 0.15) is 0 Å². The number of aromatic nitrogens is 2. The fraction of sp³-hybridized carbons (Fsp3) is 0.500. The van der Waals surface area contributed by atoms with Gasteiger partial charge in [-0.05, 0) is 12.2 Å². The Morgan fingerprint density at radius 1 is 1.60 bits per heavy atom. The van der Waals surface area contributed by atoms with E-state index >= 15 is 0 Å². The summed E-state index contributed by atoms with van der Waals surface area (Å²) in [5, 5.41) is 25.2. The molecule has 84 valence electrons. The largest absolute Gasteiger partial charge is 0.504 e. The van der Waals surface area contributed by atoms with Crippen molar-refractivity contribution in [1.82, 2.24) is 26.1 Å². The lowest BCUT2D eigenvalue weighted by molar-refractivity contribution is 0.464. The summed E-state index contributed by atoms with van der Waals surface area (Å²) in [5.74, 6) is 0.182. The topological polar surface area (TPSA) is 85.0 Å². The van der Waals surface area contributed by atoms with Gasteiger partial charge in [0.2, 0.25) is 0 Å². The predicted octanol–water partition coefficient (Wildman–Crippen LogP) is -0.701. The van der Waals surface area contributed by atoms with Crippen molar-refractivity contribution in [3.05, 3.63) is 11.9 Å². The summed E-state index contributed by atoms with van der Waals surface area (Å²) in [4.78, 5) is 0. The molecular formula is C8H15N5OS. The molecule has 0 aliphatic heterocycles. The normalized spacial score (nSPS) is 9.93. The number of aromatic hydroxyl groups is 1. The van der Waals surface area contributed by atoms with Crippen molar-refractivity contribution in [3.63, 3.8) is 0 Å². The Kier molecular flexibility index (Phi) is 4.85. The van der Waals surface area contributed by atoms with Crippen molar-refractivity contribution in [2.45, 2.75) is 6.54 Å². The first-order valence-electron chi connectivity index (χ1n) is 4.61. The average molecular weight is 229 g/mol. The fourth-order valence-electron chi connectivity index (χ4n) is 1.00. The molecule has 0 aliphatic rings. The molecule has 0 unspecified atom stereocenters. The molecule has 0 spiro atoms. The molecule has 0 radical (unpaired) electrons. The molecule has 1 rings (SSSR count). The molecule has 0 bridgehead atoms. The number of nitrogens with one attached hydrogen (secondary N) is 4. The zero-order valence-electron chi connectivity index (χ0n) is 8.50. The maximum atomic E-state index is 9.25. The van der Waals surface area contributed by atoms with Gasteiger partial charge < -0.3 is 21.1 Å². The van der Waals surface area contributed by atoms with Crippen LogP contribution in [0.5, 0.6) is 5.75 Å². The van der Waals surface area contributed by atoms with Crippen LogP contribution in [0, 0.1) is 0 Å². The molecule has 0 aliphatic carbocycles. The van der Waals surface area contributed by atoms with Crippen molar-refractivity contribution in [3.8, 4) is 5.75 Å². The van der Waals surface area contributed by atoms with Gasteiger partial charge in [-0.25, -0.2) is 0 Å². The number of thiocarbonyl (C=S) groups is 1. The van der Waals surface area contributed by atoms with E-state index in [2.05, 4.69) is 26.1 Å². The summed E-state index contributed by atoms with van der Waals surface area (Å²) in [5.41, 5.74) is 0.686. The second kappa shape index (κ2) is 6.20. The summed E-state index contributed by atoms with van der Waals surface area (Å²) in [7, 11) is 1.77. The van der Waals surface area contributed by atoms with E-state index in [9.17, 15) is 5.11 Å². The van der Waals surface area contributed by atoms with E-state index in [1.807, 2.05) is 0 Å². The van der Waals surface area contributed by atoms with Gasteiger partial charge in [0.15, 0.2) is 10.9 Å². The second-order valence-electron chi connectivity index (χ2n) is 2.92. The Morgan fingerprint density at radius 2 is 2.40 bits per heavy atom.